The number of aliphatic hydroxyl groups is 2. The van der Waals surface area contributed by atoms with E-state index in [1.54, 1.807) is 4.90 Å². The minimum absolute atomic E-state index is 0.0751. The van der Waals surface area contributed by atoms with Gasteiger partial charge in [-0.05, 0) is 52.9 Å². The fraction of sp³-hybridized carbons (Fsp3) is 0.472. The van der Waals surface area contributed by atoms with Gasteiger partial charge in [0, 0.05) is 22.3 Å². The molecule has 3 unspecified atom stereocenters. The quantitative estimate of drug-likeness (QED) is 0.116. The molecule has 0 radical (unpaired) electrons. The monoisotopic (exact) mass is 669 g/mol. The zero-order valence-electron chi connectivity index (χ0n) is 27.5. The molecule has 2 fully saturated rings. The molecule has 1 aliphatic heterocycles. The molecular formula is C36H43N7O6. The summed E-state index contributed by atoms with van der Waals surface area (Å²) in [5.74, 6) is -0.894. The van der Waals surface area contributed by atoms with Crippen molar-refractivity contribution in [2.24, 2.45) is 22.1 Å². The van der Waals surface area contributed by atoms with Crippen LogP contribution in [0.1, 0.15) is 42.9 Å². The first-order chi connectivity index (χ1) is 23.9. The highest BCUT2D eigenvalue weighted by Gasteiger charge is 2.50. The van der Waals surface area contributed by atoms with E-state index in [2.05, 4.69) is 20.1 Å². The van der Waals surface area contributed by atoms with Gasteiger partial charge in [0.15, 0.2) is 0 Å². The van der Waals surface area contributed by atoms with Crippen LogP contribution < -0.4 is 0 Å². The van der Waals surface area contributed by atoms with Gasteiger partial charge in [0.1, 0.15) is 6.61 Å². The van der Waals surface area contributed by atoms with E-state index in [0.29, 0.717) is 25.9 Å². The summed E-state index contributed by atoms with van der Waals surface area (Å²) >= 11 is 0. The standard InChI is InChI=1S/C36H43N7O6/c1-24-19-29(40-42-38)33(44)34(45)32(24)35-28(39-41-37)17-18-31(49-35)30(23-47-21-26-13-7-3-8-14-26)43(20-25-11-5-2-6-12-25)36(46)48-22-27-15-9-4-10-16-27/h2-16,24,28-35,44-45H,17-23H2,1H3/t24-,28?,29?,30+,31-,32+,33-,34-,35?/m0/s1. The first-order valence-electron chi connectivity index (χ1n) is 16.6. The summed E-state index contributed by atoms with van der Waals surface area (Å²) in [6.45, 7) is 2.59. The SMILES string of the molecule is C[C@H]1CC(N=[N+]=[N-])[C@H](O)[C@@H](O)[C@@H]1C1O[C@H]([C@@H](COCc2ccccc2)N(Cc2ccccc2)C(=O)OCc2ccccc2)CCC1N=[N+]=[N-]. The lowest BCUT2D eigenvalue weighted by Gasteiger charge is -2.49. The second-order valence-corrected chi connectivity index (χ2v) is 12.8. The van der Waals surface area contributed by atoms with Gasteiger partial charge < -0.3 is 24.4 Å². The molecule has 258 valence electrons. The van der Waals surface area contributed by atoms with Crippen LogP contribution in [-0.4, -0.2) is 70.4 Å². The molecule has 9 atom stereocenters. The van der Waals surface area contributed by atoms with Gasteiger partial charge in [-0.25, -0.2) is 4.79 Å². The molecule has 0 bridgehead atoms. The Hall–Kier alpha value is -4.61. The number of ether oxygens (including phenoxy) is 3. The topological polar surface area (TPSA) is 186 Å². The number of rotatable bonds is 13. The Kier molecular flexibility index (Phi) is 12.9. The Morgan fingerprint density at radius 1 is 0.857 bits per heavy atom. The Bertz CT molecular complexity index is 1570. The molecule has 1 saturated carbocycles. The fourth-order valence-electron chi connectivity index (χ4n) is 7.02. The summed E-state index contributed by atoms with van der Waals surface area (Å²) in [6.07, 6.45) is -3.41. The van der Waals surface area contributed by atoms with Gasteiger partial charge >= 0.3 is 6.09 Å². The highest BCUT2D eigenvalue weighted by molar-refractivity contribution is 5.68. The summed E-state index contributed by atoms with van der Waals surface area (Å²) in [7, 11) is 0. The van der Waals surface area contributed by atoms with E-state index in [1.165, 1.54) is 0 Å². The largest absolute Gasteiger partial charge is 0.445 e. The fourth-order valence-corrected chi connectivity index (χ4v) is 7.02. The summed E-state index contributed by atoms with van der Waals surface area (Å²) in [4.78, 5) is 21.6. The van der Waals surface area contributed by atoms with Crippen LogP contribution in [0, 0.1) is 11.8 Å². The number of hydrogen-bond acceptors (Lipinski definition) is 8. The lowest BCUT2D eigenvalue weighted by Crippen LogP contribution is -2.60. The molecule has 2 N–H and O–H groups in total. The summed E-state index contributed by atoms with van der Waals surface area (Å²) in [5, 5.41) is 30.0. The first kappa shape index (κ1) is 35.7. The van der Waals surface area contributed by atoms with Gasteiger partial charge in [0.2, 0.25) is 0 Å². The Balaban J connectivity index is 1.46. The van der Waals surface area contributed by atoms with Crippen LogP contribution in [0.4, 0.5) is 4.79 Å². The second kappa shape index (κ2) is 17.7. The molecule has 1 heterocycles. The third-order valence-electron chi connectivity index (χ3n) is 9.51. The van der Waals surface area contributed by atoms with Crippen molar-refractivity contribution in [1.29, 1.82) is 0 Å². The first-order valence-corrected chi connectivity index (χ1v) is 16.6. The molecule has 1 saturated heterocycles. The normalized spacial score (nSPS) is 27.2. The molecule has 13 nitrogen and oxygen atoms in total. The Labute approximate surface area is 285 Å². The zero-order chi connectivity index (χ0) is 34.6. The minimum atomic E-state index is -1.32. The van der Waals surface area contributed by atoms with Crippen molar-refractivity contribution in [3.05, 3.63) is 129 Å². The van der Waals surface area contributed by atoms with Crippen LogP contribution in [-0.2, 0) is 34.0 Å². The zero-order valence-corrected chi connectivity index (χ0v) is 27.5. The number of carbonyl (C=O) groups is 1. The maximum absolute atomic E-state index is 14.0. The number of amides is 1. The van der Waals surface area contributed by atoms with E-state index in [1.807, 2.05) is 97.9 Å². The molecule has 1 amide bonds. The summed E-state index contributed by atoms with van der Waals surface area (Å²) in [5.41, 5.74) is 21.2. The van der Waals surface area contributed by atoms with E-state index < -0.39 is 54.6 Å². The average Bonchev–Trinajstić information content (AvgIpc) is 3.13. The lowest BCUT2D eigenvalue weighted by atomic mass is 9.69. The molecule has 0 spiro atoms. The van der Waals surface area contributed by atoms with E-state index in [-0.39, 0.29) is 25.7 Å². The maximum atomic E-state index is 14.0. The molecule has 5 rings (SSSR count). The number of hydrogen-bond donors (Lipinski definition) is 2. The predicted octanol–water partition coefficient (Wildman–Crippen LogP) is 6.69. The molecule has 3 aromatic rings. The van der Waals surface area contributed by atoms with Crippen LogP contribution in [0.2, 0.25) is 0 Å². The van der Waals surface area contributed by atoms with Crippen molar-refractivity contribution in [1.82, 2.24) is 4.90 Å². The Morgan fingerprint density at radius 2 is 1.43 bits per heavy atom. The van der Waals surface area contributed by atoms with Gasteiger partial charge in [-0.2, -0.15) is 0 Å². The average molecular weight is 670 g/mol. The van der Waals surface area contributed by atoms with Crippen molar-refractivity contribution in [2.45, 2.75) is 88.5 Å². The van der Waals surface area contributed by atoms with Gasteiger partial charge in [0.05, 0.1) is 55.8 Å². The lowest BCUT2D eigenvalue weighted by molar-refractivity contribution is -0.178. The number of nitrogens with zero attached hydrogens (tertiary/aromatic N) is 7. The third kappa shape index (κ3) is 9.30. The Morgan fingerprint density at radius 3 is 2.04 bits per heavy atom. The molecule has 0 aromatic heterocycles. The number of benzene rings is 3. The van der Waals surface area contributed by atoms with E-state index in [9.17, 15) is 20.5 Å². The van der Waals surface area contributed by atoms with Crippen LogP contribution >= 0.6 is 0 Å². The van der Waals surface area contributed by atoms with Crippen LogP contribution in [0.15, 0.2) is 101 Å². The number of aliphatic hydroxyl groups excluding tert-OH is 2. The highest BCUT2D eigenvalue weighted by Crippen LogP contribution is 2.41. The summed E-state index contributed by atoms with van der Waals surface area (Å²) in [6, 6.07) is 26.7. The van der Waals surface area contributed by atoms with Crippen LogP contribution in [0.3, 0.4) is 0 Å². The van der Waals surface area contributed by atoms with E-state index >= 15 is 0 Å². The van der Waals surface area contributed by atoms with Crippen LogP contribution in [0.25, 0.3) is 20.9 Å². The van der Waals surface area contributed by atoms with Crippen molar-refractivity contribution in [3.8, 4) is 0 Å². The predicted molar refractivity (Wildman–Crippen MR) is 182 cm³/mol. The van der Waals surface area contributed by atoms with Crippen molar-refractivity contribution in [3.63, 3.8) is 0 Å². The van der Waals surface area contributed by atoms with Crippen LogP contribution in [0.5, 0.6) is 0 Å². The van der Waals surface area contributed by atoms with Crippen molar-refractivity contribution < 1.29 is 29.2 Å². The highest BCUT2D eigenvalue weighted by atomic mass is 16.6. The van der Waals surface area contributed by atoms with E-state index in [0.717, 1.165) is 16.7 Å². The van der Waals surface area contributed by atoms with Gasteiger partial charge in [0.25, 0.3) is 0 Å². The smallest absolute Gasteiger partial charge is 0.410 e. The van der Waals surface area contributed by atoms with Gasteiger partial charge in [-0.3, -0.25) is 4.90 Å². The maximum Gasteiger partial charge on any atom is 0.410 e. The third-order valence-corrected chi connectivity index (χ3v) is 9.51. The second-order valence-electron chi connectivity index (χ2n) is 12.8. The number of carbonyl (C=O) groups excluding carboxylic acids is 1. The molecule has 3 aromatic carbocycles. The number of azide groups is 2. The molecule has 2 aliphatic rings. The molecule has 49 heavy (non-hydrogen) atoms. The molecule has 13 heteroatoms. The van der Waals surface area contributed by atoms with Gasteiger partial charge in [-0.15, -0.1) is 0 Å². The van der Waals surface area contributed by atoms with Crippen molar-refractivity contribution in [2.75, 3.05) is 6.61 Å². The van der Waals surface area contributed by atoms with Gasteiger partial charge in [-0.1, -0.05) is 108 Å². The van der Waals surface area contributed by atoms with Crippen molar-refractivity contribution >= 4 is 6.09 Å². The minimum Gasteiger partial charge on any atom is -0.445 e. The molecule has 1 aliphatic carbocycles. The molecular weight excluding hydrogens is 626 g/mol. The van der Waals surface area contributed by atoms with E-state index in [4.69, 9.17) is 19.7 Å². The summed E-state index contributed by atoms with van der Waals surface area (Å²) < 4.78 is 19.0.